The molecule has 0 aliphatic carbocycles. The highest BCUT2D eigenvalue weighted by atomic mass is 35.5. The molecule has 3 rings (SSSR count). The van der Waals surface area contributed by atoms with Gasteiger partial charge in [0.05, 0.1) is 5.70 Å². The Balaban J connectivity index is 0.00000133. The van der Waals surface area contributed by atoms with Crippen molar-refractivity contribution in [3.8, 4) is 0 Å². The molecule has 0 spiro atoms. The summed E-state index contributed by atoms with van der Waals surface area (Å²) in [5, 5.41) is 7.45. The van der Waals surface area contributed by atoms with E-state index in [0.29, 0.717) is 6.04 Å². The van der Waals surface area contributed by atoms with Crippen LogP contribution in [-0.4, -0.2) is 30.1 Å². The fraction of sp³-hybridized carbons (Fsp3) is 0.357. The molecular weight excluding hydrogens is 262 g/mol. The number of hydrogen-bond acceptors (Lipinski definition) is 2. The van der Waals surface area contributed by atoms with E-state index in [1.807, 2.05) is 36.5 Å². The van der Waals surface area contributed by atoms with Gasteiger partial charge in [-0.1, -0.05) is 30.3 Å². The second-order valence-electron chi connectivity index (χ2n) is 4.66. The standard InChI is InChI=1S/C14H16N3O.ClH/c18-14-16-13(11-4-2-1-3-5-11)10-17(14)12-6-8-15-9-7-12;/h1-5,10,12,15H,6-9H2;1H. The first-order valence-electron chi connectivity index (χ1n) is 6.36. The van der Waals surface area contributed by atoms with Crippen molar-refractivity contribution in [2.75, 3.05) is 13.1 Å². The van der Waals surface area contributed by atoms with Crippen molar-refractivity contribution >= 4 is 24.1 Å². The molecule has 0 aromatic heterocycles. The molecule has 1 saturated heterocycles. The Hall–Kier alpha value is -1.52. The molecule has 0 saturated carbocycles. The summed E-state index contributed by atoms with van der Waals surface area (Å²) in [6.07, 6.45) is 3.90. The molecule has 1 radical (unpaired) electrons. The molecule has 2 aliphatic heterocycles. The van der Waals surface area contributed by atoms with Gasteiger partial charge in [0.1, 0.15) is 0 Å². The van der Waals surface area contributed by atoms with Gasteiger partial charge in [-0.3, -0.25) is 4.90 Å². The summed E-state index contributed by atoms with van der Waals surface area (Å²) in [7, 11) is 0. The molecule has 2 heterocycles. The first-order chi connectivity index (χ1) is 8.84. The van der Waals surface area contributed by atoms with Gasteiger partial charge >= 0.3 is 6.03 Å². The number of amides is 2. The number of nitrogens with one attached hydrogen (secondary N) is 1. The van der Waals surface area contributed by atoms with E-state index in [9.17, 15) is 4.79 Å². The highest BCUT2D eigenvalue weighted by Crippen LogP contribution is 2.24. The average molecular weight is 279 g/mol. The maximum absolute atomic E-state index is 11.9. The second-order valence-corrected chi connectivity index (χ2v) is 4.66. The van der Waals surface area contributed by atoms with Gasteiger partial charge in [-0.2, -0.15) is 5.32 Å². The minimum absolute atomic E-state index is 0. The Bertz CT molecular complexity index is 469. The summed E-state index contributed by atoms with van der Waals surface area (Å²) in [6.45, 7) is 1.95. The molecular formula is C14H17ClN3O. The van der Waals surface area contributed by atoms with Crippen LogP contribution in [-0.2, 0) is 0 Å². The van der Waals surface area contributed by atoms with Gasteiger partial charge in [0.15, 0.2) is 0 Å². The van der Waals surface area contributed by atoms with Gasteiger partial charge in [-0.05, 0) is 25.9 Å². The topological polar surface area (TPSA) is 46.4 Å². The predicted molar refractivity (Wildman–Crippen MR) is 76.9 cm³/mol. The molecule has 0 bridgehead atoms. The van der Waals surface area contributed by atoms with Crippen molar-refractivity contribution in [1.82, 2.24) is 15.5 Å². The SMILES string of the molecule is Cl.O=C1[N]C(c2ccccc2)=CN1C1CCNCC1. The van der Waals surface area contributed by atoms with E-state index in [0.717, 1.165) is 37.2 Å². The zero-order chi connectivity index (χ0) is 12.4. The van der Waals surface area contributed by atoms with Gasteiger partial charge < -0.3 is 5.32 Å². The largest absolute Gasteiger partial charge is 0.348 e. The third kappa shape index (κ3) is 2.91. The number of carbonyl (C=O) groups is 1. The first kappa shape index (κ1) is 13.9. The average Bonchev–Trinajstić information content (AvgIpc) is 2.83. The highest BCUT2D eigenvalue weighted by Gasteiger charge is 2.30. The van der Waals surface area contributed by atoms with Gasteiger partial charge in [-0.25, -0.2) is 4.79 Å². The van der Waals surface area contributed by atoms with E-state index in [1.54, 1.807) is 4.90 Å². The molecule has 1 fully saturated rings. The fourth-order valence-electron chi connectivity index (χ4n) is 2.47. The van der Waals surface area contributed by atoms with Crippen LogP contribution in [0.15, 0.2) is 36.5 Å². The molecule has 1 N–H and O–H groups in total. The minimum atomic E-state index is -0.124. The van der Waals surface area contributed by atoms with Crippen LogP contribution in [0.4, 0.5) is 4.79 Å². The summed E-state index contributed by atoms with van der Waals surface area (Å²) in [6, 6.07) is 10.0. The zero-order valence-corrected chi connectivity index (χ0v) is 11.4. The van der Waals surface area contributed by atoms with Crippen molar-refractivity contribution in [2.45, 2.75) is 18.9 Å². The van der Waals surface area contributed by atoms with Gasteiger partial charge in [-0.15, -0.1) is 12.4 Å². The van der Waals surface area contributed by atoms with Crippen molar-refractivity contribution < 1.29 is 4.79 Å². The molecule has 0 atom stereocenters. The number of rotatable bonds is 2. The molecule has 4 nitrogen and oxygen atoms in total. The van der Waals surface area contributed by atoms with Crippen LogP contribution in [0.3, 0.4) is 0 Å². The lowest BCUT2D eigenvalue weighted by Gasteiger charge is -2.28. The quantitative estimate of drug-likeness (QED) is 0.901. The van der Waals surface area contributed by atoms with Crippen molar-refractivity contribution in [1.29, 1.82) is 0 Å². The van der Waals surface area contributed by atoms with E-state index in [-0.39, 0.29) is 18.4 Å². The third-order valence-corrected chi connectivity index (χ3v) is 3.47. The van der Waals surface area contributed by atoms with Gasteiger partial charge in [0, 0.05) is 17.8 Å². The molecule has 2 aliphatic rings. The Morgan fingerprint density at radius 1 is 1.16 bits per heavy atom. The van der Waals surface area contributed by atoms with E-state index in [2.05, 4.69) is 10.6 Å². The maximum atomic E-state index is 11.9. The van der Waals surface area contributed by atoms with Crippen LogP contribution in [0.1, 0.15) is 18.4 Å². The number of carbonyl (C=O) groups excluding carboxylic acids is 1. The summed E-state index contributed by atoms with van der Waals surface area (Å²) >= 11 is 0. The molecule has 5 heteroatoms. The molecule has 1 aromatic rings. The van der Waals surface area contributed by atoms with Crippen LogP contribution in [0, 0.1) is 0 Å². The van der Waals surface area contributed by atoms with Crippen molar-refractivity contribution in [3.63, 3.8) is 0 Å². The predicted octanol–water partition coefficient (Wildman–Crippen LogP) is 2.20. The zero-order valence-electron chi connectivity index (χ0n) is 10.6. The lowest BCUT2D eigenvalue weighted by Crippen LogP contribution is -2.42. The number of hydrogen-bond donors (Lipinski definition) is 1. The Morgan fingerprint density at radius 2 is 1.84 bits per heavy atom. The second kappa shape index (κ2) is 6.08. The Labute approximate surface area is 119 Å². The Morgan fingerprint density at radius 3 is 2.53 bits per heavy atom. The highest BCUT2D eigenvalue weighted by molar-refractivity contribution is 5.91. The van der Waals surface area contributed by atoms with E-state index >= 15 is 0 Å². The van der Waals surface area contributed by atoms with Crippen molar-refractivity contribution in [3.05, 3.63) is 42.1 Å². The first-order valence-corrected chi connectivity index (χ1v) is 6.36. The molecule has 0 unspecified atom stereocenters. The lowest BCUT2D eigenvalue weighted by molar-refractivity contribution is 0.197. The van der Waals surface area contributed by atoms with Crippen molar-refractivity contribution in [2.24, 2.45) is 0 Å². The molecule has 101 valence electrons. The monoisotopic (exact) mass is 278 g/mol. The van der Waals surface area contributed by atoms with Gasteiger partial charge in [0.25, 0.3) is 0 Å². The third-order valence-electron chi connectivity index (χ3n) is 3.47. The van der Waals surface area contributed by atoms with E-state index < -0.39 is 0 Å². The van der Waals surface area contributed by atoms with Crippen LogP contribution >= 0.6 is 12.4 Å². The number of nitrogens with zero attached hydrogens (tertiary/aromatic N) is 2. The van der Waals surface area contributed by atoms with Crippen LogP contribution in [0.25, 0.3) is 5.70 Å². The minimum Gasteiger partial charge on any atom is -0.317 e. The number of piperidine rings is 1. The summed E-state index contributed by atoms with van der Waals surface area (Å²) in [5.41, 5.74) is 1.78. The summed E-state index contributed by atoms with van der Waals surface area (Å²) in [5.74, 6) is 0. The van der Waals surface area contributed by atoms with Gasteiger partial charge in [0.2, 0.25) is 0 Å². The number of urea groups is 1. The fourth-order valence-corrected chi connectivity index (χ4v) is 2.47. The molecule has 2 amide bonds. The van der Waals surface area contributed by atoms with E-state index in [1.165, 1.54) is 0 Å². The summed E-state index contributed by atoms with van der Waals surface area (Å²) in [4.78, 5) is 13.7. The van der Waals surface area contributed by atoms with Crippen LogP contribution in [0.5, 0.6) is 0 Å². The van der Waals surface area contributed by atoms with Crippen LogP contribution in [0.2, 0.25) is 0 Å². The Kier molecular flexibility index (Phi) is 4.45. The molecule has 19 heavy (non-hydrogen) atoms. The number of benzene rings is 1. The maximum Gasteiger partial charge on any atom is 0.348 e. The summed E-state index contributed by atoms with van der Waals surface area (Å²) < 4.78 is 0. The number of halogens is 1. The van der Waals surface area contributed by atoms with Crippen LogP contribution < -0.4 is 10.6 Å². The smallest absolute Gasteiger partial charge is 0.317 e. The normalized spacial score (nSPS) is 19.7. The van der Waals surface area contributed by atoms with E-state index in [4.69, 9.17) is 0 Å². The lowest BCUT2D eigenvalue weighted by atomic mass is 10.1. The molecule has 1 aromatic carbocycles.